The van der Waals surface area contributed by atoms with Gasteiger partial charge in [0.15, 0.2) is 0 Å². The number of nitrogens with one attached hydrogen (secondary N) is 1. The van der Waals surface area contributed by atoms with Crippen LogP contribution in [0.25, 0.3) is 21.8 Å². The van der Waals surface area contributed by atoms with Gasteiger partial charge in [0, 0.05) is 22.7 Å². The first-order valence-corrected chi connectivity index (χ1v) is 6.48. The number of aromatic amines is 1. The number of hydrogen-bond acceptors (Lipinski definition) is 2. The molecule has 3 nitrogen and oxygen atoms in total. The van der Waals surface area contributed by atoms with Crippen LogP contribution < -0.4 is 0 Å². The number of fused-ring (bicyclic) bond motifs is 3. The maximum atomic E-state index is 10.1. The Morgan fingerprint density at radius 2 is 1.95 bits per heavy atom. The van der Waals surface area contributed by atoms with Gasteiger partial charge in [-0.1, -0.05) is 18.2 Å². The van der Waals surface area contributed by atoms with Gasteiger partial charge < -0.3 is 15.2 Å². The first kappa shape index (κ1) is 12.1. The molecule has 0 bridgehead atoms. The molecule has 3 heteroatoms. The topological polar surface area (TPSA) is 56.2 Å². The minimum absolute atomic E-state index is 0.285. The number of hydrogen-bond donors (Lipinski definition) is 3. The summed E-state index contributed by atoms with van der Waals surface area (Å²) in [5, 5.41) is 21.9. The Bertz CT molecular complexity index is 756. The van der Waals surface area contributed by atoms with Crippen LogP contribution in [0.3, 0.4) is 0 Å². The van der Waals surface area contributed by atoms with Gasteiger partial charge in [-0.05, 0) is 37.1 Å². The third kappa shape index (κ3) is 1.87. The van der Waals surface area contributed by atoms with Gasteiger partial charge in [-0.15, -0.1) is 0 Å². The molecule has 0 radical (unpaired) electrons. The number of phenols is 1. The predicted molar refractivity (Wildman–Crippen MR) is 77.6 cm³/mol. The number of aromatic hydroxyl groups is 1. The molecule has 98 valence electrons. The molecule has 0 unspecified atom stereocenters. The summed E-state index contributed by atoms with van der Waals surface area (Å²) in [5.74, 6) is 0.285. The fourth-order valence-corrected chi connectivity index (χ4v) is 2.69. The number of aliphatic hydroxyl groups is 1. The van der Waals surface area contributed by atoms with Crippen molar-refractivity contribution in [3.05, 3.63) is 41.5 Å². The predicted octanol–water partition coefficient (Wildman–Crippen LogP) is 3.26. The standard InChI is InChI=1S/C16H17NO2/c1-9(18)7-12-10(2)15(19)8-13-11-5-3-4-6-14(11)17-16(12)13/h3-6,8-9,17-19H,7H2,1-2H3/t9-/m0/s1. The van der Waals surface area contributed by atoms with Crippen LogP contribution in [-0.2, 0) is 6.42 Å². The molecular weight excluding hydrogens is 238 g/mol. The zero-order valence-electron chi connectivity index (χ0n) is 11.1. The van der Waals surface area contributed by atoms with E-state index in [2.05, 4.69) is 4.98 Å². The van der Waals surface area contributed by atoms with Crippen LogP contribution in [-0.4, -0.2) is 21.3 Å². The summed E-state index contributed by atoms with van der Waals surface area (Å²) in [5.41, 5.74) is 3.88. The second-order valence-corrected chi connectivity index (χ2v) is 5.15. The molecule has 0 amide bonds. The molecule has 0 saturated heterocycles. The van der Waals surface area contributed by atoms with E-state index >= 15 is 0 Å². The Labute approximate surface area is 111 Å². The van der Waals surface area contributed by atoms with Crippen molar-refractivity contribution in [3.8, 4) is 5.75 Å². The van der Waals surface area contributed by atoms with Gasteiger partial charge in [-0.2, -0.15) is 0 Å². The second-order valence-electron chi connectivity index (χ2n) is 5.15. The fourth-order valence-electron chi connectivity index (χ4n) is 2.69. The maximum absolute atomic E-state index is 10.1. The van der Waals surface area contributed by atoms with Crippen molar-refractivity contribution in [2.45, 2.75) is 26.4 Å². The molecule has 3 N–H and O–H groups in total. The molecule has 1 heterocycles. The van der Waals surface area contributed by atoms with Crippen molar-refractivity contribution in [3.63, 3.8) is 0 Å². The quantitative estimate of drug-likeness (QED) is 0.658. The molecule has 0 aliphatic carbocycles. The van der Waals surface area contributed by atoms with E-state index in [1.54, 1.807) is 13.0 Å². The lowest BCUT2D eigenvalue weighted by molar-refractivity contribution is 0.195. The number of benzene rings is 2. The van der Waals surface area contributed by atoms with Crippen LogP contribution in [0.5, 0.6) is 5.75 Å². The van der Waals surface area contributed by atoms with Gasteiger partial charge in [0.1, 0.15) is 5.75 Å². The van der Waals surface area contributed by atoms with Gasteiger partial charge in [0.25, 0.3) is 0 Å². The van der Waals surface area contributed by atoms with E-state index in [1.165, 1.54) is 0 Å². The lowest BCUT2D eigenvalue weighted by Gasteiger charge is -2.11. The minimum atomic E-state index is -0.435. The second kappa shape index (κ2) is 4.28. The highest BCUT2D eigenvalue weighted by Crippen LogP contribution is 2.34. The number of phenolic OH excluding ortho intramolecular Hbond substituents is 1. The van der Waals surface area contributed by atoms with Gasteiger partial charge in [0.05, 0.1) is 11.6 Å². The SMILES string of the molecule is Cc1c(O)cc2c([nH]c3ccccc32)c1C[C@H](C)O. The largest absolute Gasteiger partial charge is 0.508 e. The summed E-state index contributed by atoms with van der Waals surface area (Å²) in [7, 11) is 0. The van der Waals surface area contributed by atoms with Crippen molar-refractivity contribution in [2.24, 2.45) is 0 Å². The molecule has 2 aromatic carbocycles. The highest BCUT2D eigenvalue weighted by atomic mass is 16.3. The van der Waals surface area contributed by atoms with E-state index in [-0.39, 0.29) is 5.75 Å². The summed E-state index contributed by atoms with van der Waals surface area (Å²) in [6.45, 7) is 3.65. The fraction of sp³-hybridized carbons (Fsp3) is 0.250. The third-order valence-corrected chi connectivity index (χ3v) is 3.67. The Morgan fingerprint density at radius 3 is 2.68 bits per heavy atom. The smallest absolute Gasteiger partial charge is 0.119 e. The average Bonchev–Trinajstić information content (AvgIpc) is 2.73. The summed E-state index contributed by atoms with van der Waals surface area (Å²) in [6.07, 6.45) is 0.0962. The summed E-state index contributed by atoms with van der Waals surface area (Å²) in [6, 6.07) is 9.83. The Balaban J connectivity index is 2.41. The maximum Gasteiger partial charge on any atom is 0.119 e. The Hall–Kier alpha value is -2.00. The van der Waals surface area contributed by atoms with E-state index in [1.807, 2.05) is 31.2 Å². The van der Waals surface area contributed by atoms with Crippen molar-refractivity contribution in [2.75, 3.05) is 0 Å². The van der Waals surface area contributed by atoms with Crippen LogP contribution in [0, 0.1) is 6.92 Å². The number of rotatable bonds is 2. The van der Waals surface area contributed by atoms with Crippen LogP contribution >= 0.6 is 0 Å². The van der Waals surface area contributed by atoms with E-state index in [9.17, 15) is 10.2 Å². The first-order chi connectivity index (χ1) is 9.08. The number of H-pyrrole nitrogens is 1. The highest BCUT2D eigenvalue weighted by molar-refractivity contribution is 6.09. The molecule has 3 rings (SSSR count). The van der Waals surface area contributed by atoms with E-state index in [4.69, 9.17) is 0 Å². The molecular formula is C16H17NO2. The zero-order valence-corrected chi connectivity index (χ0v) is 11.1. The highest BCUT2D eigenvalue weighted by Gasteiger charge is 2.15. The summed E-state index contributed by atoms with van der Waals surface area (Å²) in [4.78, 5) is 3.40. The normalized spacial score (nSPS) is 13.2. The molecule has 1 atom stereocenters. The number of aliphatic hydroxyl groups excluding tert-OH is 1. The van der Waals surface area contributed by atoms with Crippen LogP contribution in [0.15, 0.2) is 30.3 Å². The molecule has 0 spiro atoms. The van der Waals surface area contributed by atoms with Crippen LogP contribution in [0.4, 0.5) is 0 Å². The Morgan fingerprint density at radius 1 is 1.21 bits per heavy atom. The van der Waals surface area contributed by atoms with Crippen molar-refractivity contribution in [1.82, 2.24) is 4.98 Å². The van der Waals surface area contributed by atoms with E-state index in [0.29, 0.717) is 6.42 Å². The molecule has 19 heavy (non-hydrogen) atoms. The van der Waals surface area contributed by atoms with Gasteiger partial charge in [-0.3, -0.25) is 0 Å². The zero-order chi connectivity index (χ0) is 13.6. The van der Waals surface area contributed by atoms with Crippen molar-refractivity contribution in [1.29, 1.82) is 0 Å². The van der Waals surface area contributed by atoms with Crippen molar-refractivity contribution >= 4 is 21.8 Å². The molecule has 0 aliphatic rings. The van der Waals surface area contributed by atoms with Crippen molar-refractivity contribution < 1.29 is 10.2 Å². The van der Waals surface area contributed by atoms with E-state index < -0.39 is 6.10 Å². The molecule has 1 aromatic heterocycles. The Kier molecular flexibility index (Phi) is 2.72. The molecule has 0 aliphatic heterocycles. The summed E-state index contributed by atoms with van der Waals surface area (Å²) < 4.78 is 0. The van der Waals surface area contributed by atoms with E-state index in [0.717, 1.165) is 32.9 Å². The molecule has 0 fully saturated rings. The van der Waals surface area contributed by atoms with Crippen LogP contribution in [0.1, 0.15) is 18.1 Å². The van der Waals surface area contributed by atoms with Crippen LogP contribution in [0.2, 0.25) is 0 Å². The first-order valence-electron chi connectivity index (χ1n) is 6.48. The monoisotopic (exact) mass is 255 g/mol. The lowest BCUT2D eigenvalue weighted by Crippen LogP contribution is -2.06. The summed E-state index contributed by atoms with van der Waals surface area (Å²) >= 11 is 0. The molecule has 3 aromatic rings. The third-order valence-electron chi connectivity index (χ3n) is 3.67. The van der Waals surface area contributed by atoms with Gasteiger partial charge in [0.2, 0.25) is 0 Å². The minimum Gasteiger partial charge on any atom is -0.508 e. The number of aromatic nitrogens is 1. The lowest BCUT2D eigenvalue weighted by atomic mass is 9.98. The molecule has 0 saturated carbocycles. The van der Waals surface area contributed by atoms with Gasteiger partial charge >= 0.3 is 0 Å². The van der Waals surface area contributed by atoms with Gasteiger partial charge in [-0.25, -0.2) is 0 Å². The number of para-hydroxylation sites is 1. The average molecular weight is 255 g/mol.